The number of piperidine rings is 1. The molecule has 2 amide bonds. The van der Waals surface area contributed by atoms with Gasteiger partial charge in [-0.3, -0.25) is 14.5 Å². The Hall–Kier alpha value is -2.14. The number of nitrogens with two attached hydrogens (primary N) is 1. The van der Waals surface area contributed by atoms with Crippen LogP contribution in [0.3, 0.4) is 0 Å². The zero-order valence-electron chi connectivity index (χ0n) is 13.9. The van der Waals surface area contributed by atoms with Gasteiger partial charge in [-0.25, -0.2) is 0 Å². The van der Waals surface area contributed by atoms with Crippen molar-refractivity contribution in [2.24, 2.45) is 5.73 Å². The number of benzene rings is 1. The van der Waals surface area contributed by atoms with E-state index < -0.39 is 0 Å². The Kier molecular flexibility index (Phi) is 5.30. The van der Waals surface area contributed by atoms with E-state index in [1.807, 2.05) is 41.3 Å². The Morgan fingerprint density at radius 2 is 1.75 bits per heavy atom. The van der Waals surface area contributed by atoms with Gasteiger partial charge in [0.25, 0.3) is 0 Å². The van der Waals surface area contributed by atoms with Crippen LogP contribution in [0.25, 0.3) is 6.08 Å². The summed E-state index contributed by atoms with van der Waals surface area (Å²) in [6.07, 6.45) is 7.24. The van der Waals surface area contributed by atoms with Gasteiger partial charge in [0.2, 0.25) is 11.8 Å². The molecule has 2 aliphatic heterocycles. The van der Waals surface area contributed by atoms with Crippen molar-refractivity contribution in [1.29, 1.82) is 0 Å². The summed E-state index contributed by atoms with van der Waals surface area (Å²) < 4.78 is 0. The molecule has 5 heteroatoms. The first-order valence-corrected chi connectivity index (χ1v) is 8.72. The first-order valence-electron chi connectivity index (χ1n) is 8.72. The highest BCUT2D eigenvalue weighted by atomic mass is 16.2. The van der Waals surface area contributed by atoms with Crippen molar-refractivity contribution >= 4 is 17.9 Å². The van der Waals surface area contributed by atoms with E-state index in [4.69, 9.17) is 5.73 Å². The average molecular weight is 327 g/mol. The topological polar surface area (TPSA) is 66.6 Å². The zero-order chi connectivity index (χ0) is 16.9. The van der Waals surface area contributed by atoms with Crippen LogP contribution in [0.15, 0.2) is 36.4 Å². The normalized spacial score (nSPS) is 23.0. The first-order chi connectivity index (χ1) is 11.6. The van der Waals surface area contributed by atoms with Crippen molar-refractivity contribution in [1.82, 2.24) is 9.80 Å². The van der Waals surface area contributed by atoms with Gasteiger partial charge >= 0.3 is 0 Å². The Balaban J connectivity index is 1.52. The summed E-state index contributed by atoms with van der Waals surface area (Å²) in [6, 6.07) is 10.1. The van der Waals surface area contributed by atoms with E-state index in [2.05, 4.69) is 4.90 Å². The number of rotatable bonds is 4. The lowest BCUT2D eigenvalue weighted by Crippen LogP contribution is -2.51. The fourth-order valence-corrected chi connectivity index (χ4v) is 3.79. The van der Waals surface area contributed by atoms with Crippen LogP contribution in [0.5, 0.6) is 0 Å². The molecule has 2 saturated heterocycles. The van der Waals surface area contributed by atoms with Gasteiger partial charge in [0, 0.05) is 25.2 Å². The lowest BCUT2D eigenvalue weighted by Gasteiger charge is -2.38. The van der Waals surface area contributed by atoms with Gasteiger partial charge in [-0.05, 0) is 43.9 Å². The molecule has 0 aromatic heterocycles. The van der Waals surface area contributed by atoms with E-state index in [9.17, 15) is 9.59 Å². The third-order valence-electron chi connectivity index (χ3n) is 5.09. The molecule has 0 spiro atoms. The molecular formula is C19H25N3O2. The second-order valence-corrected chi connectivity index (χ2v) is 6.60. The number of hydrogen-bond donors (Lipinski definition) is 1. The van der Waals surface area contributed by atoms with Gasteiger partial charge in [0.1, 0.15) is 0 Å². The Morgan fingerprint density at radius 1 is 1.04 bits per heavy atom. The van der Waals surface area contributed by atoms with E-state index in [0.29, 0.717) is 6.04 Å². The minimum absolute atomic E-state index is 0.0603. The Bertz CT molecular complexity index is 606. The van der Waals surface area contributed by atoms with Crippen molar-refractivity contribution in [3.8, 4) is 0 Å². The summed E-state index contributed by atoms with van der Waals surface area (Å²) in [5.41, 5.74) is 6.54. The van der Waals surface area contributed by atoms with Crippen LogP contribution in [0.2, 0.25) is 0 Å². The predicted octanol–water partition coefficient (Wildman–Crippen LogP) is 1.64. The lowest BCUT2D eigenvalue weighted by atomic mass is 10.0. The van der Waals surface area contributed by atoms with Crippen LogP contribution in [0.1, 0.15) is 31.2 Å². The average Bonchev–Trinajstić information content (AvgIpc) is 3.11. The van der Waals surface area contributed by atoms with Crippen molar-refractivity contribution in [2.45, 2.75) is 37.8 Å². The van der Waals surface area contributed by atoms with E-state index in [1.165, 1.54) is 0 Å². The van der Waals surface area contributed by atoms with Crippen molar-refractivity contribution in [3.05, 3.63) is 42.0 Å². The van der Waals surface area contributed by atoms with Gasteiger partial charge in [0.05, 0.1) is 6.04 Å². The van der Waals surface area contributed by atoms with Crippen LogP contribution in [0.4, 0.5) is 0 Å². The standard InChI is InChI=1S/C19H25N3O2/c20-19(24)17-7-4-12-22(17)16-10-13-21(14-11-16)18(23)9-8-15-5-2-1-3-6-15/h1-3,5-6,8-9,16-17H,4,7,10-14H2,(H2,20,24)/b9-8-/t17-/m1/s1. The molecule has 2 heterocycles. The minimum Gasteiger partial charge on any atom is -0.368 e. The molecule has 0 unspecified atom stereocenters. The van der Waals surface area contributed by atoms with Crippen LogP contribution in [-0.4, -0.2) is 53.3 Å². The van der Waals surface area contributed by atoms with Gasteiger partial charge < -0.3 is 10.6 Å². The van der Waals surface area contributed by atoms with Gasteiger partial charge in [0.15, 0.2) is 0 Å². The third-order valence-corrected chi connectivity index (χ3v) is 5.09. The van der Waals surface area contributed by atoms with Crippen molar-refractivity contribution < 1.29 is 9.59 Å². The molecule has 1 atom stereocenters. The molecule has 0 bridgehead atoms. The Labute approximate surface area is 143 Å². The number of carbonyl (C=O) groups excluding carboxylic acids is 2. The molecule has 0 radical (unpaired) electrons. The smallest absolute Gasteiger partial charge is 0.246 e. The molecule has 2 aliphatic rings. The van der Waals surface area contributed by atoms with E-state index in [-0.39, 0.29) is 17.9 Å². The largest absolute Gasteiger partial charge is 0.368 e. The summed E-state index contributed by atoms with van der Waals surface area (Å²) >= 11 is 0. The molecule has 1 aromatic carbocycles. The second kappa shape index (κ2) is 7.62. The SMILES string of the molecule is NC(=O)[C@H]1CCCN1C1CCN(C(=O)/C=C\c2ccccc2)CC1. The molecule has 2 N–H and O–H groups in total. The van der Waals surface area contributed by atoms with Crippen LogP contribution in [-0.2, 0) is 9.59 Å². The highest BCUT2D eigenvalue weighted by Crippen LogP contribution is 2.26. The highest BCUT2D eigenvalue weighted by Gasteiger charge is 2.35. The predicted molar refractivity (Wildman–Crippen MR) is 94.0 cm³/mol. The van der Waals surface area contributed by atoms with E-state index in [0.717, 1.165) is 50.9 Å². The van der Waals surface area contributed by atoms with E-state index >= 15 is 0 Å². The van der Waals surface area contributed by atoms with Gasteiger partial charge in [-0.2, -0.15) is 0 Å². The zero-order valence-corrected chi connectivity index (χ0v) is 13.9. The van der Waals surface area contributed by atoms with Gasteiger partial charge in [-0.15, -0.1) is 0 Å². The summed E-state index contributed by atoms with van der Waals surface area (Å²) in [6.45, 7) is 2.43. The number of nitrogens with zero attached hydrogens (tertiary/aromatic N) is 2. The van der Waals surface area contributed by atoms with Crippen LogP contribution >= 0.6 is 0 Å². The number of amides is 2. The lowest BCUT2D eigenvalue weighted by molar-refractivity contribution is -0.129. The van der Waals surface area contributed by atoms with Crippen LogP contribution in [0, 0.1) is 0 Å². The molecule has 0 aliphatic carbocycles. The summed E-state index contributed by atoms with van der Waals surface area (Å²) in [5.74, 6) is -0.151. The quantitative estimate of drug-likeness (QED) is 0.855. The molecule has 3 rings (SSSR count). The molecule has 1 aromatic rings. The maximum Gasteiger partial charge on any atom is 0.246 e. The Morgan fingerprint density at radius 3 is 2.42 bits per heavy atom. The van der Waals surface area contributed by atoms with E-state index in [1.54, 1.807) is 6.08 Å². The number of primary amides is 1. The number of likely N-dealkylation sites (tertiary alicyclic amines) is 2. The molecule has 128 valence electrons. The summed E-state index contributed by atoms with van der Waals surface area (Å²) in [4.78, 5) is 28.0. The van der Waals surface area contributed by atoms with Crippen molar-refractivity contribution in [2.75, 3.05) is 19.6 Å². The molecular weight excluding hydrogens is 302 g/mol. The molecule has 24 heavy (non-hydrogen) atoms. The highest BCUT2D eigenvalue weighted by molar-refractivity contribution is 5.91. The maximum absolute atomic E-state index is 12.3. The van der Waals surface area contributed by atoms with Crippen LogP contribution < -0.4 is 5.73 Å². The first kappa shape index (κ1) is 16.7. The molecule has 2 fully saturated rings. The monoisotopic (exact) mass is 327 g/mol. The minimum atomic E-state index is -0.211. The number of carbonyl (C=O) groups is 2. The fourth-order valence-electron chi connectivity index (χ4n) is 3.79. The summed E-state index contributed by atoms with van der Waals surface area (Å²) in [5, 5.41) is 0. The van der Waals surface area contributed by atoms with Gasteiger partial charge in [-0.1, -0.05) is 30.3 Å². The molecule has 5 nitrogen and oxygen atoms in total. The third kappa shape index (κ3) is 3.85. The maximum atomic E-state index is 12.3. The fraction of sp³-hybridized carbons (Fsp3) is 0.474. The second-order valence-electron chi connectivity index (χ2n) is 6.60. The molecule has 0 saturated carbocycles. The van der Waals surface area contributed by atoms with Crippen molar-refractivity contribution in [3.63, 3.8) is 0 Å². The summed E-state index contributed by atoms with van der Waals surface area (Å²) in [7, 11) is 0. The number of hydrogen-bond acceptors (Lipinski definition) is 3.